The molecule has 1 aromatic carbocycles. The molecule has 1 nitrogen and oxygen atoms in total. The van der Waals surface area contributed by atoms with Gasteiger partial charge in [0.25, 0.3) is 0 Å². The summed E-state index contributed by atoms with van der Waals surface area (Å²) in [7, 11) is 0. The predicted octanol–water partition coefficient (Wildman–Crippen LogP) is 5.03. The molecule has 0 aliphatic heterocycles. The second-order valence-corrected chi connectivity index (χ2v) is 5.58. The van der Waals surface area contributed by atoms with Gasteiger partial charge in [-0.1, -0.05) is 37.1 Å². The molecule has 17 heavy (non-hydrogen) atoms. The van der Waals surface area contributed by atoms with Crippen LogP contribution in [0.25, 0.3) is 0 Å². The van der Waals surface area contributed by atoms with Crippen molar-refractivity contribution in [2.75, 3.05) is 5.32 Å². The van der Waals surface area contributed by atoms with Crippen molar-refractivity contribution in [2.24, 2.45) is 5.92 Å². The van der Waals surface area contributed by atoms with E-state index in [0.29, 0.717) is 6.04 Å². The SMILES string of the molecule is CCC1CCC(Nc2cccc(C)c2Cl)CC1. The van der Waals surface area contributed by atoms with Crippen LogP contribution in [0, 0.1) is 12.8 Å². The van der Waals surface area contributed by atoms with E-state index in [1.54, 1.807) is 0 Å². The molecule has 2 heteroatoms. The molecule has 0 spiro atoms. The number of hydrogen-bond donors (Lipinski definition) is 1. The van der Waals surface area contributed by atoms with Crippen LogP contribution in [0.3, 0.4) is 0 Å². The minimum absolute atomic E-state index is 0.608. The van der Waals surface area contributed by atoms with Crippen LogP contribution in [-0.4, -0.2) is 6.04 Å². The zero-order valence-electron chi connectivity index (χ0n) is 10.8. The maximum atomic E-state index is 6.31. The van der Waals surface area contributed by atoms with Gasteiger partial charge in [0.05, 0.1) is 10.7 Å². The number of rotatable bonds is 3. The molecule has 0 heterocycles. The Balaban J connectivity index is 1.95. The summed E-state index contributed by atoms with van der Waals surface area (Å²) in [6.45, 7) is 4.36. The molecule has 1 aliphatic rings. The highest BCUT2D eigenvalue weighted by atomic mass is 35.5. The summed E-state index contributed by atoms with van der Waals surface area (Å²) in [6, 6.07) is 6.82. The lowest BCUT2D eigenvalue weighted by atomic mass is 9.84. The van der Waals surface area contributed by atoms with Gasteiger partial charge >= 0.3 is 0 Å². The molecular formula is C15H22ClN. The smallest absolute Gasteiger partial charge is 0.0666 e. The quantitative estimate of drug-likeness (QED) is 0.795. The lowest BCUT2D eigenvalue weighted by Gasteiger charge is -2.29. The molecule has 0 aromatic heterocycles. The van der Waals surface area contributed by atoms with E-state index >= 15 is 0 Å². The zero-order chi connectivity index (χ0) is 12.3. The molecule has 0 unspecified atom stereocenters. The van der Waals surface area contributed by atoms with Gasteiger partial charge in [-0.05, 0) is 50.2 Å². The average molecular weight is 252 g/mol. The standard InChI is InChI=1S/C15H22ClN/c1-3-12-7-9-13(10-8-12)17-14-6-4-5-11(2)15(14)16/h4-6,12-13,17H,3,7-10H2,1-2H3. The van der Waals surface area contributed by atoms with Gasteiger partial charge in [-0.15, -0.1) is 0 Å². The van der Waals surface area contributed by atoms with E-state index in [9.17, 15) is 0 Å². The van der Waals surface area contributed by atoms with Crippen LogP contribution in [0.15, 0.2) is 18.2 Å². The Kier molecular flexibility index (Phi) is 4.33. The molecular weight excluding hydrogens is 230 g/mol. The number of aryl methyl sites for hydroxylation is 1. The fraction of sp³-hybridized carbons (Fsp3) is 0.600. The fourth-order valence-corrected chi connectivity index (χ4v) is 2.87. The van der Waals surface area contributed by atoms with E-state index in [1.807, 2.05) is 0 Å². The summed E-state index contributed by atoms with van der Waals surface area (Å²) < 4.78 is 0. The Hall–Kier alpha value is -0.690. The van der Waals surface area contributed by atoms with Crippen LogP contribution in [-0.2, 0) is 0 Å². The van der Waals surface area contributed by atoms with Crippen molar-refractivity contribution in [3.05, 3.63) is 28.8 Å². The second kappa shape index (κ2) is 5.77. The first-order valence-electron chi connectivity index (χ1n) is 6.72. The first-order chi connectivity index (χ1) is 8.20. The van der Waals surface area contributed by atoms with Crippen molar-refractivity contribution in [2.45, 2.75) is 52.0 Å². The van der Waals surface area contributed by atoms with Gasteiger partial charge in [-0.3, -0.25) is 0 Å². The van der Waals surface area contributed by atoms with Gasteiger partial charge in [-0.2, -0.15) is 0 Å². The highest BCUT2D eigenvalue weighted by Crippen LogP contribution is 2.31. The lowest BCUT2D eigenvalue weighted by Crippen LogP contribution is -2.26. The van der Waals surface area contributed by atoms with Crippen LogP contribution in [0.1, 0.15) is 44.6 Å². The van der Waals surface area contributed by atoms with E-state index in [0.717, 1.165) is 22.2 Å². The monoisotopic (exact) mass is 251 g/mol. The van der Waals surface area contributed by atoms with Gasteiger partial charge < -0.3 is 5.32 Å². The highest BCUT2D eigenvalue weighted by Gasteiger charge is 2.20. The molecule has 94 valence electrons. The average Bonchev–Trinajstić information content (AvgIpc) is 2.36. The molecule has 0 amide bonds. The van der Waals surface area contributed by atoms with Crippen molar-refractivity contribution >= 4 is 17.3 Å². The van der Waals surface area contributed by atoms with Crippen LogP contribution in [0.5, 0.6) is 0 Å². The third-order valence-electron chi connectivity index (χ3n) is 3.98. The first-order valence-corrected chi connectivity index (χ1v) is 7.10. The summed E-state index contributed by atoms with van der Waals surface area (Å²) in [5, 5.41) is 4.48. The summed E-state index contributed by atoms with van der Waals surface area (Å²) in [5.41, 5.74) is 2.26. The predicted molar refractivity (Wildman–Crippen MR) is 75.8 cm³/mol. The van der Waals surface area contributed by atoms with Crippen LogP contribution >= 0.6 is 11.6 Å². The van der Waals surface area contributed by atoms with Crippen LogP contribution in [0.2, 0.25) is 5.02 Å². The Morgan fingerprint density at radius 3 is 2.59 bits per heavy atom. The van der Waals surface area contributed by atoms with Crippen LogP contribution in [0.4, 0.5) is 5.69 Å². The van der Waals surface area contributed by atoms with Crippen molar-refractivity contribution in [3.63, 3.8) is 0 Å². The van der Waals surface area contributed by atoms with Crippen molar-refractivity contribution < 1.29 is 0 Å². The molecule has 0 saturated heterocycles. The highest BCUT2D eigenvalue weighted by molar-refractivity contribution is 6.34. The molecule has 0 bridgehead atoms. The molecule has 0 radical (unpaired) electrons. The lowest BCUT2D eigenvalue weighted by molar-refractivity contribution is 0.330. The van der Waals surface area contributed by atoms with E-state index < -0.39 is 0 Å². The largest absolute Gasteiger partial charge is 0.381 e. The Bertz CT molecular complexity index is 367. The Labute approximate surface area is 110 Å². The number of benzene rings is 1. The third-order valence-corrected chi connectivity index (χ3v) is 4.48. The number of hydrogen-bond acceptors (Lipinski definition) is 1. The van der Waals surface area contributed by atoms with Crippen molar-refractivity contribution in [1.29, 1.82) is 0 Å². The summed E-state index contributed by atoms with van der Waals surface area (Å²) in [6.07, 6.45) is 6.61. The molecule has 0 atom stereocenters. The van der Waals surface area contributed by atoms with Gasteiger partial charge in [0.15, 0.2) is 0 Å². The maximum Gasteiger partial charge on any atom is 0.0666 e. The Morgan fingerprint density at radius 2 is 1.94 bits per heavy atom. The maximum absolute atomic E-state index is 6.31. The third kappa shape index (κ3) is 3.16. The molecule has 1 aromatic rings. The first kappa shape index (κ1) is 12.8. The van der Waals surface area contributed by atoms with Gasteiger partial charge in [0.1, 0.15) is 0 Å². The van der Waals surface area contributed by atoms with Gasteiger partial charge in [0, 0.05) is 6.04 Å². The van der Waals surface area contributed by atoms with Crippen molar-refractivity contribution in [3.8, 4) is 0 Å². The zero-order valence-corrected chi connectivity index (χ0v) is 11.6. The van der Waals surface area contributed by atoms with E-state index in [1.165, 1.54) is 32.1 Å². The van der Waals surface area contributed by atoms with Gasteiger partial charge in [0.2, 0.25) is 0 Å². The summed E-state index contributed by atoms with van der Waals surface area (Å²) in [4.78, 5) is 0. The summed E-state index contributed by atoms with van der Waals surface area (Å²) >= 11 is 6.31. The normalized spacial score (nSPS) is 24.6. The molecule has 2 rings (SSSR count). The van der Waals surface area contributed by atoms with E-state index in [2.05, 4.69) is 37.4 Å². The van der Waals surface area contributed by atoms with Crippen molar-refractivity contribution in [1.82, 2.24) is 0 Å². The van der Waals surface area contributed by atoms with Gasteiger partial charge in [-0.25, -0.2) is 0 Å². The molecule has 1 N–H and O–H groups in total. The number of halogens is 1. The minimum atomic E-state index is 0.608. The molecule has 1 saturated carbocycles. The number of nitrogens with one attached hydrogen (secondary N) is 1. The Morgan fingerprint density at radius 1 is 1.24 bits per heavy atom. The minimum Gasteiger partial charge on any atom is -0.381 e. The number of anilines is 1. The molecule has 1 fully saturated rings. The van der Waals surface area contributed by atoms with E-state index in [4.69, 9.17) is 11.6 Å². The van der Waals surface area contributed by atoms with E-state index in [-0.39, 0.29) is 0 Å². The second-order valence-electron chi connectivity index (χ2n) is 5.21. The topological polar surface area (TPSA) is 12.0 Å². The summed E-state index contributed by atoms with van der Waals surface area (Å²) in [5.74, 6) is 0.945. The van der Waals surface area contributed by atoms with Crippen LogP contribution < -0.4 is 5.32 Å². The molecule has 1 aliphatic carbocycles. The fourth-order valence-electron chi connectivity index (χ4n) is 2.69.